The number of hydrogen-bond acceptors (Lipinski definition) is 4. The van der Waals surface area contributed by atoms with Crippen molar-refractivity contribution >= 4 is 28.2 Å². The molecule has 3 rings (SSSR count). The molecule has 0 atom stereocenters. The molecule has 0 spiro atoms. The van der Waals surface area contributed by atoms with Crippen LogP contribution in [0.2, 0.25) is 0 Å². The van der Waals surface area contributed by atoms with Gasteiger partial charge in [-0.1, -0.05) is 42.9 Å². The standard InChI is InChI=1S/C17H18N2O2S/c1-10-5-4-6-11(7-10)15(21)19-16-18-12-8-17(2,3)9-13(20)14(12)22-16/h4-7H,8-9H2,1-3H3,(H,18,19,21). The quantitative estimate of drug-likeness (QED) is 0.915. The number of aryl methyl sites for hydroxylation is 1. The average Bonchev–Trinajstić information content (AvgIpc) is 2.80. The third-order valence-electron chi connectivity index (χ3n) is 3.74. The first kappa shape index (κ1) is 14.9. The van der Waals surface area contributed by atoms with Crippen LogP contribution in [0, 0.1) is 12.3 Å². The van der Waals surface area contributed by atoms with Crippen LogP contribution in [-0.2, 0) is 6.42 Å². The number of nitrogens with one attached hydrogen (secondary N) is 1. The van der Waals surface area contributed by atoms with Gasteiger partial charge in [0.1, 0.15) is 0 Å². The molecule has 0 saturated carbocycles. The number of aromatic nitrogens is 1. The van der Waals surface area contributed by atoms with E-state index < -0.39 is 0 Å². The summed E-state index contributed by atoms with van der Waals surface area (Å²) in [6.07, 6.45) is 1.30. The molecule has 4 nitrogen and oxygen atoms in total. The van der Waals surface area contributed by atoms with E-state index in [1.54, 1.807) is 6.07 Å². The second kappa shape index (κ2) is 5.32. The number of ketones is 1. The SMILES string of the molecule is Cc1cccc(C(=O)Nc2nc3c(s2)C(=O)CC(C)(C)C3)c1. The second-order valence-electron chi connectivity index (χ2n) is 6.56. The second-order valence-corrected chi connectivity index (χ2v) is 7.56. The van der Waals surface area contributed by atoms with E-state index in [4.69, 9.17) is 0 Å². The third kappa shape index (κ3) is 2.95. The van der Waals surface area contributed by atoms with E-state index in [9.17, 15) is 9.59 Å². The number of carbonyl (C=O) groups excluding carboxylic acids is 2. The number of hydrogen-bond donors (Lipinski definition) is 1. The Kier molecular flexibility index (Phi) is 3.60. The highest BCUT2D eigenvalue weighted by atomic mass is 32.1. The zero-order valence-corrected chi connectivity index (χ0v) is 13.7. The van der Waals surface area contributed by atoms with Crippen molar-refractivity contribution in [1.82, 2.24) is 4.98 Å². The summed E-state index contributed by atoms with van der Waals surface area (Å²) < 4.78 is 0. The van der Waals surface area contributed by atoms with Crippen molar-refractivity contribution in [2.75, 3.05) is 5.32 Å². The molecule has 0 saturated heterocycles. The van der Waals surface area contributed by atoms with Gasteiger partial charge in [-0.05, 0) is 30.9 Å². The molecule has 0 aliphatic heterocycles. The molecule has 22 heavy (non-hydrogen) atoms. The number of fused-ring (bicyclic) bond motifs is 1. The van der Waals surface area contributed by atoms with Gasteiger partial charge in [-0.15, -0.1) is 0 Å². The number of anilines is 1. The van der Waals surface area contributed by atoms with Crippen LogP contribution in [-0.4, -0.2) is 16.7 Å². The third-order valence-corrected chi connectivity index (χ3v) is 4.79. The van der Waals surface area contributed by atoms with Crippen molar-refractivity contribution in [3.63, 3.8) is 0 Å². The Labute approximate surface area is 133 Å². The highest BCUT2D eigenvalue weighted by molar-refractivity contribution is 7.17. The van der Waals surface area contributed by atoms with E-state index in [1.165, 1.54) is 11.3 Å². The monoisotopic (exact) mass is 314 g/mol. The Bertz CT molecular complexity index is 762. The summed E-state index contributed by atoms with van der Waals surface area (Å²) >= 11 is 1.28. The first-order valence-electron chi connectivity index (χ1n) is 7.25. The molecule has 0 radical (unpaired) electrons. The maximum atomic E-state index is 12.3. The zero-order chi connectivity index (χ0) is 15.9. The van der Waals surface area contributed by atoms with Crippen LogP contribution < -0.4 is 5.32 Å². The lowest BCUT2D eigenvalue weighted by atomic mass is 9.78. The largest absolute Gasteiger partial charge is 0.298 e. The first-order valence-corrected chi connectivity index (χ1v) is 8.07. The van der Waals surface area contributed by atoms with Crippen LogP contribution in [0.25, 0.3) is 0 Å². The van der Waals surface area contributed by atoms with Gasteiger partial charge in [-0.25, -0.2) is 4.98 Å². The Morgan fingerprint density at radius 3 is 2.82 bits per heavy atom. The summed E-state index contributed by atoms with van der Waals surface area (Å²) in [6.45, 7) is 6.08. The van der Waals surface area contributed by atoms with Crippen LogP contribution in [0.4, 0.5) is 5.13 Å². The lowest BCUT2D eigenvalue weighted by Crippen LogP contribution is -2.26. The molecule has 1 aliphatic rings. The minimum absolute atomic E-state index is 0.0595. The number of carbonyl (C=O) groups is 2. The highest BCUT2D eigenvalue weighted by Gasteiger charge is 2.34. The summed E-state index contributed by atoms with van der Waals surface area (Å²) in [5, 5.41) is 3.31. The lowest BCUT2D eigenvalue weighted by molar-refractivity contribution is 0.0915. The van der Waals surface area contributed by atoms with E-state index in [-0.39, 0.29) is 17.1 Å². The molecule has 114 valence electrons. The molecule has 1 heterocycles. The van der Waals surface area contributed by atoms with Crippen molar-refractivity contribution in [2.45, 2.75) is 33.6 Å². The van der Waals surface area contributed by atoms with Crippen molar-refractivity contribution < 1.29 is 9.59 Å². The minimum Gasteiger partial charge on any atom is -0.298 e. The lowest BCUT2D eigenvalue weighted by Gasteiger charge is -2.26. The summed E-state index contributed by atoms with van der Waals surface area (Å²) in [7, 11) is 0. The van der Waals surface area contributed by atoms with E-state index in [1.807, 2.05) is 25.1 Å². The molecule has 5 heteroatoms. The maximum Gasteiger partial charge on any atom is 0.257 e. The molecule has 0 fully saturated rings. The number of nitrogens with zero attached hydrogens (tertiary/aromatic N) is 1. The Morgan fingerprint density at radius 1 is 1.32 bits per heavy atom. The van der Waals surface area contributed by atoms with E-state index >= 15 is 0 Å². The summed E-state index contributed by atoms with van der Waals surface area (Å²) in [5.74, 6) is -0.0682. The topological polar surface area (TPSA) is 59.1 Å². The minimum atomic E-state index is -0.193. The Balaban J connectivity index is 1.83. The number of benzene rings is 1. The molecule has 1 amide bonds. The molecule has 0 bridgehead atoms. The Hall–Kier alpha value is -2.01. The zero-order valence-electron chi connectivity index (χ0n) is 12.9. The first-order chi connectivity index (χ1) is 10.3. The van der Waals surface area contributed by atoms with Crippen molar-refractivity contribution in [1.29, 1.82) is 0 Å². The highest BCUT2D eigenvalue weighted by Crippen LogP contribution is 2.38. The normalized spacial score (nSPS) is 16.2. The number of thiazole rings is 1. The number of rotatable bonds is 2. The van der Waals surface area contributed by atoms with Gasteiger partial charge in [0.15, 0.2) is 10.9 Å². The summed E-state index contributed by atoms with van der Waals surface area (Å²) in [4.78, 5) is 29.6. The summed E-state index contributed by atoms with van der Waals surface area (Å²) in [6, 6.07) is 7.39. The fourth-order valence-corrected chi connectivity index (χ4v) is 3.64. The van der Waals surface area contributed by atoms with Gasteiger partial charge in [0.25, 0.3) is 5.91 Å². The maximum absolute atomic E-state index is 12.3. The fourth-order valence-electron chi connectivity index (χ4n) is 2.73. The predicted octanol–water partition coefficient (Wildman–Crippen LogP) is 3.86. The molecule has 0 unspecified atom stereocenters. The van der Waals surface area contributed by atoms with Crippen LogP contribution >= 0.6 is 11.3 Å². The molecule has 1 aromatic heterocycles. The average molecular weight is 314 g/mol. The molecule has 1 aliphatic carbocycles. The number of Topliss-reactive ketones (excluding diaryl/α,β-unsaturated/α-hetero) is 1. The van der Waals surface area contributed by atoms with Crippen molar-refractivity contribution in [2.24, 2.45) is 5.41 Å². The fraction of sp³-hybridized carbons (Fsp3) is 0.353. The molecular formula is C17H18N2O2S. The van der Waals surface area contributed by atoms with Crippen molar-refractivity contribution in [3.05, 3.63) is 46.0 Å². The molecular weight excluding hydrogens is 296 g/mol. The van der Waals surface area contributed by atoms with Gasteiger partial charge < -0.3 is 0 Å². The van der Waals surface area contributed by atoms with Gasteiger partial charge in [0.05, 0.1) is 10.6 Å². The van der Waals surface area contributed by atoms with Crippen LogP contribution in [0.5, 0.6) is 0 Å². The molecule has 1 N–H and O–H groups in total. The van der Waals surface area contributed by atoms with Gasteiger partial charge in [0.2, 0.25) is 0 Å². The van der Waals surface area contributed by atoms with Gasteiger partial charge >= 0.3 is 0 Å². The van der Waals surface area contributed by atoms with Crippen LogP contribution in [0.3, 0.4) is 0 Å². The van der Waals surface area contributed by atoms with Gasteiger partial charge in [0, 0.05) is 12.0 Å². The molecule has 1 aromatic carbocycles. The summed E-state index contributed by atoms with van der Waals surface area (Å²) in [5.41, 5.74) is 2.38. The van der Waals surface area contributed by atoms with E-state index in [0.29, 0.717) is 22.0 Å². The van der Waals surface area contributed by atoms with Crippen molar-refractivity contribution in [3.8, 4) is 0 Å². The van der Waals surface area contributed by atoms with Gasteiger partial charge in [-0.3, -0.25) is 14.9 Å². The number of amides is 1. The van der Waals surface area contributed by atoms with E-state index in [2.05, 4.69) is 24.1 Å². The Morgan fingerprint density at radius 2 is 2.09 bits per heavy atom. The predicted molar refractivity (Wildman–Crippen MR) is 87.7 cm³/mol. The van der Waals surface area contributed by atoms with E-state index in [0.717, 1.165) is 17.7 Å². The van der Waals surface area contributed by atoms with Crippen LogP contribution in [0.1, 0.15) is 51.6 Å². The molecule has 2 aromatic rings. The smallest absolute Gasteiger partial charge is 0.257 e. The van der Waals surface area contributed by atoms with Crippen LogP contribution in [0.15, 0.2) is 24.3 Å². The van der Waals surface area contributed by atoms with Gasteiger partial charge in [-0.2, -0.15) is 0 Å².